The Labute approximate surface area is 156 Å². The molecular weight excluding hydrogens is 326 g/mol. The van der Waals surface area contributed by atoms with Crippen molar-refractivity contribution in [2.75, 3.05) is 44.4 Å². The molecule has 3 saturated heterocycles. The third kappa shape index (κ3) is 3.05. The first-order valence-corrected chi connectivity index (χ1v) is 10.4. The van der Waals surface area contributed by atoms with Crippen LogP contribution < -0.4 is 14.4 Å². The zero-order valence-corrected chi connectivity index (χ0v) is 15.9. The highest BCUT2D eigenvalue weighted by Crippen LogP contribution is 2.37. The standard InChI is InChI=1S/C21H31N3O2/c1-16-4-2-3-9-24(16)19-13-23(14-19)17-7-10-22(11-8-17)18-5-6-20-21(12-18)26-15-25-20/h5-6,12,16-17,19H,2-4,7-11,13-15H2,1H3/t16-/m1/s1. The molecule has 0 saturated carbocycles. The van der Waals surface area contributed by atoms with Crippen LogP contribution >= 0.6 is 0 Å². The molecule has 4 aliphatic heterocycles. The summed E-state index contributed by atoms with van der Waals surface area (Å²) in [7, 11) is 0. The van der Waals surface area contributed by atoms with E-state index in [0.29, 0.717) is 6.79 Å². The van der Waals surface area contributed by atoms with Gasteiger partial charge in [-0.05, 0) is 51.3 Å². The quantitative estimate of drug-likeness (QED) is 0.829. The topological polar surface area (TPSA) is 28.2 Å². The predicted molar refractivity (Wildman–Crippen MR) is 103 cm³/mol. The molecule has 4 heterocycles. The van der Waals surface area contributed by atoms with Gasteiger partial charge in [-0.2, -0.15) is 0 Å². The van der Waals surface area contributed by atoms with Crippen LogP contribution in [0.25, 0.3) is 0 Å². The summed E-state index contributed by atoms with van der Waals surface area (Å²) in [6.45, 7) is 8.97. The van der Waals surface area contributed by atoms with E-state index in [2.05, 4.69) is 33.8 Å². The lowest BCUT2D eigenvalue weighted by Gasteiger charge is -2.53. The van der Waals surface area contributed by atoms with Gasteiger partial charge in [0.05, 0.1) is 0 Å². The van der Waals surface area contributed by atoms with E-state index in [9.17, 15) is 0 Å². The van der Waals surface area contributed by atoms with Crippen LogP contribution in [0.5, 0.6) is 11.5 Å². The second-order valence-electron chi connectivity index (χ2n) is 8.45. The summed E-state index contributed by atoms with van der Waals surface area (Å²) in [5.74, 6) is 1.77. The van der Waals surface area contributed by atoms with Crippen LogP contribution in [0.2, 0.25) is 0 Å². The van der Waals surface area contributed by atoms with Crippen LogP contribution in [-0.2, 0) is 0 Å². The van der Waals surface area contributed by atoms with Crippen molar-refractivity contribution in [3.05, 3.63) is 18.2 Å². The Bertz CT molecular complexity index is 638. The van der Waals surface area contributed by atoms with Gasteiger partial charge in [0.25, 0.3) is 0 Å². The maximum atomic E-state index is 5.53. The van der Waals surface area contributed by atoms with Gasteiger partial charge in [-0.25, -0.2) is 0 Å². The summed E-state index contributed by atoms with van der Waals surface area (Å²) in [6, 6.07) is 8.74. The van der Waals surface area contributed by atoms with Crippen LogP contribution in [0.1, 0.15) is 39.0 Å². The molecule has 4 aliphatic rings. The fourth-order valence-corrected chi connectivity index (χ4v) is 5.23. The molecule has 5 rings (SSSR count). The second-order valence-corrected chi connectivity index (χ2v) is 8.45. The molecule has 0 amide bonds. The largest absolute Gasteiger partial charge is 0.454 e. The van der Waals surface area contributed by atoms with Crippen molar-refractivity contribution in [2.45, 2.75) is 57.2 Å². The minimum absolute atomic E-state index is 0.354. The number of benzene rings is 1. The van der Waals surface area contributed by atoms with Crippen molar-refractivity contribution in [2.24, 2.45) is 0 Å². The molecule has 0 unspecified atom stereocenters. The Morgan fingerprint density at radius 1 is 0.885 bits per heavy atom. The zero-order valence-electron chi connectivity index (χ0n) is 15.9. The van der Waals surface area contributed by atoms with Crippen LogP contribution in [0.4, 0.5) is 5.69 Å². The number of nitrogens with zero attached hydrogens (tertiary/aromatic N) is 3. The smallest absolute Gasteiger partial charge is 0.231 e. The summed E-state index contributed by atoms with van der Waals surface area (Å²) in [5.41, 5.74) is 1.27. The van der Waals surface area contributed by atoms with Crippen molar-refractivity contribution >= 4 is 5.69 Å². The predicted octanol–water partition coefficient (Wildman–Crippen LogP) is 2.94. The maximum absolute atomic E-state index is 5.53. The average molecular weight is 357 g/mol. The van der Waals surface area contributed by atoms with Gasteiger partial charge in [-0.15, -0.1) is 0 Å². The molecule has 142 valence electrons. The first kappa shape index (κ1) is 16.7. The molecule has 26 heavy (non-hydrogen) atoms. The third-order valence-corrected chi connectivity index (χ3v) is 6.92. The fourth-order valence-electron chi connectivity index (χ4n) is 5.23. The fraction of sp³-hybridized carbons (Fsp3) is 0.714. The number of ether oxygens (including phenoxy) is 2. The molecule has 0 spiro atoms. The Hall–Kier alpha value is -1.46. The molecule has 0 radical (unpaired) electrons. The van der Waals surface area contributed by atoms with Gasteiger partial charge in [-0.1, -0.05) is 6.42 Å². The number of hydrogen-bond donors (Lipinski definition) is 0. The van der Waals surface area contributed by atoms with E-state index in [-0.39, 0.29) is 0 Å². The highest BCUT2D eigenvalue weighted by molar-refractivity contribution is 5.57. The average Bonchev–Trinajstić information content (AvgIpc) is 3.10. The molecule has 1 aromatic rings. The number of anilines is 1. The lowest BCUT2D eigenvalue weighted by Crippen LogP contribution is -2.65. The Morgan fingerprint density at radius 2 is 1.69 bits per heavy atom. The normalized spacial score (nSPS) is 28.3. The minimum Gasteiger partial charge on any atom is -0.454 e. The van der Waals surface area contributed by atoms with Gasteiger partial charge in [-0.3, -0.25) is 9.80 Å². The number of fused-ring (bicyclic) bond motifs is 1. The summed E-state index contributed by atoms with van der Waals surface area (Å²) in [4.78, 5) is 8.02. The van der Waals surface area contributed by atoms with Gasteiger partial charge in [0.15, 0.2) is 11.5 Å². The van der Waals surface area contributed by atoms with Crippen molar-refractivity contribution in [1.82, 2.24) is 9.80 Å². The molecule has 5 heteroatoms. The molecule has 3 fully saturated rings. The first-order chi connectivity index (χ1) is 12.8. The number of rotatable bonds is 3. The Kier molecular flexibility index (Phi) is 4.45. The van der Waals surface area contributed by atoms with Crippen LogP contribution in [0.3, 0.4) is 0 Å². The van der Waals surface area contributed by atoms with Crippen molar-refractivity contribution in [3.8, 4) is 11.5 Å². The van der Waals surface area contributed by atoms with E-state index in [1.54, 1.807) is 0 Å². The molecule has 0 N–H and O–H groups in total. The molecule has 0 aromatic heterocycles. The van der Waals surface area contributed by atoms with Gasteiger partial charge in [0.2, 0.25) is 6.79 Å². The van der Waals surface area contributed by atoms with Crippen LogP contribution in [0, 0.1) is 0 Å². The minimum atomic E-state index is 0.354. The van der Waals surface area contributed by atoms with E-state index in [0.717, 1.165) is 42.7 Å². The number of piperidine rings is 2. The SMILES string of the molecule is C[C@@H]1CCCCN1C1CN(C2CCN(c3ccc4c(c3)OCO4)CC2)C1. The van der Waals surface area contributed by atoms with Crippen LogP contribution in [-0.4, -0.2) is 67.4 Å². The Balaban J connectivity index is 1.12. The van der Waals surface area contributed by atoms with E-state index in [1.165, 1.54) is 57.4 Å². The van der Waals surface area contributed by atoms with E-state index < -0.39 is 0 Å². The summed E-state index contributed by atoms with van der Waals surface area (Å²) in [6.07, 6.45) is 6.76. The summed E-state index contributed by atoms with van der Waals surface area (Å²) >= 11 is 0. The van der Waals surface area contributed by atoms with Crippen molar-refractivity contribution < 1.29 is 9.47 Å². The lowest BCUT2D eigenvalue weighted by molar-refractivity contribution is -0.0285. The molecule has 5 nitrogen and oxygen atoms in total. The molecular formula is C21H31N3O2. The number of hydrogen-bond acceptors (Lipinski definition) is 5. The van der Waals surface area contributed by atoms with Crippen molar-refractivity contribution in [3.63, 3.8) is 0 Å². The first-order valence-electron chi connectivity index (χ1n) is 10.4. The lowest BCUT2D eigenvalue weighted by atomic mass is 9.93. The molecule has 1 aromatic carbocycles. The van der Waals surface area contributed by atoms with E-state index >= 15 is 0 Å². The maximum Gasteiger partial charge on any atom is 0.231 e. The molecule has 1 atom stereocenters. The molecule has 0 bridgehead atoms. The highest BCUT2D eigenvalue weighted by Gasteiger charge is 2.39. The van der Waals surface area contributed by atoms with E-state index in [4.69, 9.17) is 9.47 Å². The summed E-state index contributed by atoms with van der Waals surface area (Å²) in [5, 5.41) is 0. The van der Waals surface area contributed by atoms with Crippen molar-refractivity contribution in [1.29, 1.82) is 0 Å². The second kappa shape index (κ2) is 6.93. The number of likely N-dealkylation sites (tertiary alicyclic amines) is 2. The zero-order chi connectivity index (χ0) is 17.5. The van der Waals surface area contributed by atoms with Gasteiger partial charge in [0, 0.05) is 56.1 Å². The highest BCUT2D eigenvalue weighted by atomic mass is 16.7. The van der Waals surface area contributed by atoms with Crippen LogP contribution in [0.15, 0.2) is 18.2 Å². The molecule has 0 aliphatic carbocycles. The Morgan fingerprint density at radius 3 is 2.50 bits per heavy atom. The summed E-state index contributed by atoms with van der Waals surface area (Å²) < 4.78 is 11.0. The van der Waals surface area contributed by atoms with Gasteiger partial charge < -0.3 is 14.4 Å². The van der Waals surface area contributed by atoms with Gasteiger partial charge in [0.1, 0.15) is 0 Å². The monoisotopic (exact) mass is 357 g/mol. The van der Waals surface area contributed by atoms with Gasteiger partial charge >= 0.3 is 0 Å². The third-order valence-electron chi connectivity index (χ3n) is 6.92. The van der Waals surface area contributed by atoms with E-state index in [1.807, 2.05) is 6.07 Å².